The molecular formula is C16H30O10P2S2. The molecule has 0 saturated carbocycles. The first-order valence-electron chi connectivity index (χ1n) is 10.0. The van der Waals surface area contributed by atoms with Gasteiger partial charge in [-0.1, -0.05) is 6.92 Å². The van der Waals surface area contributed by atoms with Crippen molar-refractivity contribution in [2.75, 3.05) is 33.0 Å². The minimum Gasteiger partial charge on any atom is -0.390 e. The molecular weight excluding hydrogens is 478 g/mol. The fourth-order valence-corrected chi connectivity index (χ4v) is 6.56. The van der Waals surface area contributed by atoms with Crippen LogP contribution in [0.1, 0.15) is 32.6 Å². The van der Waals surface area contributed by atoms with Gasteiger partial charge in [0, 0.05) is 32.7 Å². The average molecular weight is 508 g/mol. The van der Waals surface area contributed by atoms with Crippen LogP contribution < -0.4 is 0 Å². The van der Waals surface area contributed by atoms with E-state index in [1.807, 2.05) is 6.92 Å². The summed E-state index contributed by atoms with van der Waals surface area (Å²) in [7, 11) is 0. The maximum atomic E-state index is 10.4. The highest BCUT2D eigenvalue weighted by Crippen LogP contribution is 2.50. The summed E-state index contributed by atoms with van der Waals surface area (Å²) in [5.41, 5.74) is 0. The molecule has 3 fully saturated rings. The first-order chi connectivity index (χ1) is 14.2. The Balaban J connectivity index is 1.45. The topological polar surface area (TPSA) is 125 Å². The van der Waals surface area contributed by atoms with E-state index in [0.29, 0.717) is 39.1 Å². The molecule has 0 aromatic heterocycles. The molecule has 0 spiro atoms. The second kappa shape index (κ2) is 11.4. The van der Waals surface area contributed by atoms with Gasteiger partial charge >= 0.3 is 13.4 Å². The molecule has 0 radical (unpaired) electrons. The van der Waals surface area contributed by atoms with Crippen LogP contribution in [0.3, 0.4) is 0 Å². The summed E-state index contributed by atoms with van der Waals surface area (Å²) in [6.07, 6.45) is -0.368. The second-order valence-electron chi connectivity index (χ2n) is 7.39. The molecule has 8 atom stereocenters. The summed E-state index contributed by atoms with van der Waals surface area (Å²) in [6, 6.07) is 0. The first kappa shape index (κ1) is 25.5. The van der Waals surface area contributed by atoms with Gasteiger partial charge in [0.15, 0.2) is 0 Å². The van der Waals surface area contributed by atoms with Gasteiger partial charge in [-0.25, -0.2) is 0 Å². The fourth-order valence-electron chi connectivity index (χ4n) is 3.57. The largest absolute Gasteiger partial charge is 0.390 e. The molecule has 0 aliphatic carbocycles. The van der Waals surface area contributed by atoms with E-state index in [2.05, 4.69) is 0 Å². The molecule has 14 heteroatoms. The highest BCUT2D eigenvalue weighted by molar-refractivity contribution is 8.07. The lowest BCUT2D eigenvalue weighted by molar-refractivity contribution is -0.0119. The molecule has 3 N–H and O–H groups in total. The van der Waals surface area contributed by atoms with Gasteiger partial charge in [-0.2, -0.15) is 0 Å². The summed E-state index contributed by atoms with van der Waals surface area (Å²) in [6.45, 7) is -3.85. The summed E-state index contributed by atoms with van der Waals surface area (Å²) in [5.74, 6) is 0. The van der Waals surface area contributed by atoms with Gasteiger partial charge in [-0.15, -0.1) is 0 Å². The molecule has 3 saturated heterocycles. The maximum absolute atomic E-state index is 10.4. The van der Waals surface area contributed by atoms with Crippen LogP contribution >= 0.6 is 13.4 Å². The van der Waals surface area contributed by atoms with Crippen LogP contribution in [0.5, 0.6) is 0 Å². The van der Waals surface area contributed by atoms with Crippen molar-refractivity contribution in [3.05, 3.63) is 0 Å². The van der Waals surface area contributed by atoms with Gasteiger partial charge in [-0.3, -0.25) is 0 Å². The van der Waals surface area contributed by atoms with Crippen LogP contribution in [0.25, 0.3) is 0 Å². The molecule has 3 aliphatic heterocycles. The molecule has 3 aliphatic rings. The van der Waals surface area contributed by atoms with Crippen molar-refractivity contribution in [3.63, 3.8) is 0 Å². The number of aliphatic hydroxyl groups is 1. The number of aliphatic hydroxyl groups excluding tert-OH is 1. The minimum atomic E-state index is -3.58. The lowest BCUT2D eigenvalue weighted by Gasteiger charge is -2.27. The van der Waals surface area contributed by atoms with Crippen molar-refractivity contribution in [1.29, 1.82) is 0 Å². The SMILES string of the molecule is CCC1OCCC1OP(O)(=S)OCC1OCCC1OP(O)(=S)OCC1OCCC1O. The number of ether oxygens (including phenoxy) is 3. The molecule has 30 heavy (non-hydrogen) atoms. The summed E-state index contributed by atoms with van der Waals surface area (Å²) in [5, 5.41) is 9.76. The number of hydrogen-bond donors (Lipinski definition) is 3. The van der Waals surface area contributed by atoms with Crippen molar-refractivity contribution in [2.45, 2.75) is 69.2 Å². The third-order valence-electron chi connectivity index (χ3n) is 5.22. The van der Waals surface area contributed by atoms with E-state index in [-0.39, 0.29) is 25.4 Å². The normalized spacial score (nSPS) is 38.5. The fraction of sp³-hybridized carbons (Fsp3) is 1.00. The summed E-state index contributed by atoms with van der Waals surface area (Å²) in [4.78, 5) is 20.8. The molecule has 0 aromatic rings. The van der Waals surface area contributed by atoms with Crippen molar-refractivity contribution in [1.82, 2.24) is 0 Å². The highest BCUT2D eigenvalue weighted by Gasteiger charge is 2.38. The van der Waals surface area contributed by atoms with E-state index in [9.17, 15) is 14.9 Å². The molecule has 3 heterocycles. The smallest absolute Gasteiger partial charge is 0.324 e. The summed E-state index contributed by atoms with van der Waals surface area (Å²) >= 11 is 10.2. The van der Waals surface area contributed by atoms with E-state index in [0.717, 1.165) is 6.42 Å². The average Bonchev–Trinajstić information content (AvgIpc) is 3.40. The zero-order valence-corrected chi connectivity index (χ0v) is 20.2. The maximum Gasteiger partial charge on any atom is 0.324 e. The third-order valence-corrected chi connectivity index (χ3v) is 8.39. The molecule has 0 amide bonds. The van der Waals surface area contributed by atoms with Crippen molar-refractivity contribution in [2.24, 2.45) is 0 Å². The van der Waals surface area contributed by atoms with E-state index >= 15 is 0 Å². The highest BCUT2D eigenvalue weighted by atomic mass is 32.5. The van der Waals surface area contributed by atoms with Gasteiger partial charge in [0.1, 0.15) is 12.2 Å². The van der Waals surface area contributed by atoms with E-state index in [1.165, 1.54) is 0 Å². The zero-order valence-electron chi connectivity index (χ0n) is 16.7. The predicted molar refractivity (Wildman–Crippen MR) is 114 cm³/mol. The van der Waals surface area contributed by atoms with E-state index in [1.54, 1.807) is 0 Å². The first-order valence-corrected chi connectivity index (χ1v) is 15.2. The Kier molecular flexibility index (Phi) is 9.66. The molecule has 176 valence electrons. The predicted octanol–water partition coefficient (Wildman–Crippen LogP) is 1.36. The van der Waals surface area contributed by atoms with E-state index in [4.69, 9.17) is 55.9 Å². The van der Waals surface area contributed by atoms with Gasteiger partial charge in [-0.05, 0) is 36.5 Å². The monoisotopic (exact) mass is 508 g/mol. The number of hydrogen-bond acceptors (Lipinski definition) is 10. The Morgan fingerprint density at radius 3 is 1.80 bits per heavy atom. The lowest BCUT2D eigenvalue weighted by Crippen LogP contribution is -2.30. The lowest BCUT2D eigenvalue weighted by atomic mass is 10.1. The second-order valence-corrected chi connectivity index (χ2v) is 13.0. The van der Waals surface area contributed by atoms with Crippen LogP contribution in [0.2, 0.25) is 0 Å². The van der Waals surface area contributed by atoms with Crippen molar-refractivity contribution in [3.8, 4) is 0 Å². The molecule has 8 unspecified atom stereocenters. The van der Waals surface area contributed by atoms with Gasteiger partial charge in [0.2, 0.25) is 0 Å². The Morgan fingerprint density at radius 2 is 1.27 bits per heavy atom. The van der Waals surface area contributed by atoms with Gasteiger partial charge < -0.3 is 47.2 Å². The third kappa shape index (κ3) is 7.46. The van der Waals surface area contributed by atoms with Crippen LogP contribution in [0, 0.1) is 0 Å². The van der Waals surface area contributed by atoms with Gasteiger partial charge in [0.05, 0.1) is 37.6 Å². The number of rotatable bonds is 11. The Hall–Kier alpha value is 0.900. The standard InChI is InChI=1S/C16H30O10P2S2/c1-2-12-13(4-7-20-12)25-28(19,30)24-10-16-14(5-8-22-16)26-27(18,29)23-9-15-11(17)3-6-21-15/h11-17H,2-10H2,1H3,(H,18,29)(H,19,30). The summed E-state index contributed by atoms with van der Waals surface area (Å²) < 4.78 is 38.5. The van der Waals surface area contributed by atoms with Crippen LogP contribution in [-0.4, -0.2) is 84.6 Å². The Morgan fingerprint density at radius 1 is 0.800 bits per heavy atom. The van der Waals surface area contributed by atoms with Crippen LogP contribution in [-0.2, 0) is 55.9 Å². The Bertz CT molecular complexity index is 656. The van der Waals surface area contributed by atoms with Crippen molar-refractivity contribution < 1.29 is 47.2 Å². The van der Waals surface area contributed by atoms with Crippen LogP contribution in [0.15, 0.2) is 0 Å². The quantitative estimate of drug-likeness (QED) is 0.349. The Labute approximate surface area is 186 Å². The minimum absolute atomic E-state index is 0.0585. The van der Waals surface area contributed by atoms with Crippen molar-refractivity contribution >= 4 is 37.1 Å². The molecule has 10 nitrogen and oxygen atoms in total. The molecule has 0 aromatic carbocycles. The van der Waals surface area contributed by atoms with Gasteiger partial charge in [0.25, 0.3) is 0 Å². The molecule has 3 rings (SSSR count). The molecule has 0 bridgehead atoms. The zero-order chi connectivity index (χ0) is 21.8. The van der Waals surface area contributed by atoms with Crippen LogP contribution in [0.4, 0.5) is 0 Å². The van der Waals surface area contributed by atoms with E-state index < -0.39 is 37.9 Å².